The van der Waals surface area contributed by atoms with E-state index < -0.39 is 91.3 Å². The summed E-state index contributed by atoms with van der Waals surface area (Å²) in [5.41, 5.74) is 0. The summed E-state index contributed by atoms with van der Waals surface area (Å²) in [5.74, 6) is -1.37. The second-order valence-corrected chi connectivity index (χ2v) is 21.2. The summed E-state index contributed by atoms with van der Waals surface area (Å²) >= 11 is 0. The quantitative estimate of drug-likeness (QED) is 0.0122. The molecule has 1 fully saturated rings. The Morgan fingerprint density at radius 2 is 0.855 bits per heavy atom. The number of carbonyl (C=O) groups is 2. The molecule has 0 aliphatic heterocycles. The van der Waals surface area contributed by atoms with Gasteiger partial charge in [0.05, 0.1) is 6.61 Å². The Kier molecular flexibility index (Phi) is 36.5. The summed E-state index contributed by atoms with van der Waals surface area (Å²) < 4.78 is 65.5. The SMILES string of the molecule is CCCCCCCCC=CCC=CCC=CCCCC(=O)OC(COC(=O)CCCCCCCC=CCCCCCCCC)COP(=O)(O)OC1C(O)C(O)C(OP(=O)(O)O)C(OP(=O)(O)O)C1O. The van der Waals surface area contributed by atoms with Gasteiger partial charge in [0.2, 0.25) is 0 Å². The fourth-order valence-corrected chi connectivity index (χ4v) is 9.45. The number of allylic oxidation sites excluding steroid dienone is 8. The Labute approximate surface area is 410 Å². The van der Waals surface area contributed by atoms with E-state index >= 15 is 0 Å². The van der Waals surface area contributed by atoms with Gasteiger partial charge in [-0.2, -0.15) is 0 Å². The lowest BCUT2D eigenvalue weighted by molar-refractivity contribution is -0.213. The number of esters is 2. The van der Waals surface area contributed by atoms with Crippen molar-refractivity contribution >= 4 is 35.4 Å². The number of unbranched alkanes of at least 4 members (excludes halogenated alkanes) is 18. The average Bonchev–Trinajstić information content (AvgIpc) is 3.28. The van der Waals surface area contributed by atoms with Crippen LogP contribution in [0.25, 0.3) is 0 Å². The molecule has 8 N–H and O–H groups in total. The van der Waals surface area contributed by atoms with E-state index in [1.54, 1.807) is 0 Å². The van der Waals surface area contributed by atoms with Gasteiger partial charge in [0.15, 0.2) is 6.10 Å². The second kappa shape index (κ2) is 38.7. The van der Waals surface area contributed by atoms with Gasteiger partial charge < -0.3 is 49.3 Å². The Balaban J connectivity index is 2.76. The lowest BCUT2D eigenvalue weighted by Gasteiger charge is -2.44. The van der Waals surface area contributed by atoms with Crippen molar-refractivity contribution in [2.75, 3.05) is 13.2 Å². The summed E-state index contributed by atoms with van der Waals surface area (Å²) in [6.07, 6.45) is 25.6. The van der Waals surface area contributed by atoms with Crippen molar-refractivity contribution in [2.45, 2.75) is 224 Å². The van der Waals surface area contributed by atoms with Crippen molar-refractivity contribution < 1.29 is 90.6 Å². The third-order valence-corrected chi connectivity index (χ3v) is 13.1. The van der Waals surface area contributed by atoms with Crippen LogP contribution in [0.4, 0.5) is 0 Å². The maximum atomic E-state index is 13.1. The molecular formula is C47H85O19P3. The maximum Gasteiger partial charge on any atom is 0.472 e. The van der Waals surface area contributed by atoms with Crippen LogP contribution in [0.1, 0.15) is 181 Å². The van der Waals surface area contributed by atoms with E-state index in [0.717, 1.165) is 51.4 Å². The van der Waals surface area contributed by atoms with E-state index in [1.807, 2.05) is 12.2 Å². The van der Waals surface area contributed by atoms with E-state index in [-0.39, 0.29) is 12.8 Å². The van der Waals surface area contributed by atoms with Crippen LogP contribution in [0.5, 0.6) is 0 Å². The van der Waals surface area contributed by atoms with Crippen LogP contribution in [0.2, 0.25) is 0 Å². The summed E-state index contributed by atoms with van der Waals surface area (Å²) in [6.45, 7) is 2.89. The molecule has 0 saturated heterocycles. The molecule has 0 bridgehead atoms. The maximum absolute atomic E-state index is 13.1. The molecule has 1 saturated carbocycles. The molecule has 0 aromatic carbocycles. The van der Waals surface area contributed by atoms with Crippen molar-refractivity contribution in [3.8, 4) is 0 Å². The first-order valence-corrected chi connectivity index (χ1v) is 29.5. The van der Waals surface area contributed by atoms with Crippen molar-refractivity contribution in [1.82, 2.24) is 0 Å². The van der Waals surface area contributed by atoms with Crippen LogP contribution in [0.15, 0.2) is 48.6 Å². The number of hydrogen-bond acceptors (Lipinski definition) is 14. The molecule has 0 aromatic heterocycles. The molecule has 0 amide bonds. The molecule has 0 radical (unpaired) electrons. The van der Waals surface area contributed by atoms with Gasteiger partial charge in [-0.05, 0) is 70.6 Å². The Morgan fingerprint density at radius 1 is 0.464 bits per heavy atom. The minimum atomic E-state index is -5.61. The lowest BCUT2D eigenvalue weighted by atomic mass is 9.85. The van der Waals surface area contributed by atoms with E-state index in [1.165, 1.54) is 77.0 Å². The third-order valence-electron chi connectivity index (χ3n) is 11.1. The standard InChI is InChI=1S/C47H85O19P3/c1-3-5-7-9-11-13-15-17-19-20-22-24-26-28-30-32-34-36-41(49)63-39(37-61-40(48)35-33-31-29-27-25-23-21-18-16-14-12-10-8-6-4-2)38-62-69(59,60)66-45-42(50)43(51)46(64-67(53,54)55)47(44(45)52)65-68(56,57)58/h17-19,21-22,24,28,30,39,42-47,50-52H,3-16,20,23,25-27,29,31-38H2,1-2H3,(H,59,60)(H2,53,54,55)(H2,56,57,58). The number of aliphatic hydroxyl groups excluding tert-OH is 3. The molecule has 0 heterocycles. The van der Waals surface area contributed by atoms with Crippen LogP contribution in [0.3, 0.4) is 0 Å². The van der Waals surface area contributed by atoms with Gasteiger partial charge in [0, 0.05) is 12.8 Å². The van der Waals surface area contributed by atoms with Crippen LogP contribution in [-0.4, -0.2) is 108 Å². The summed E-state index contributed by atoms with van der Waals surface area (Å²) in [5, 5.41) is 31.9. The highest BCUT2D eigenvalue weighted by molar-refractivity contribution is 7.47. The topological polar surface area (TPSA) is 303 Å². The Hall–Kier alpha value is -1.89. The van der Waals surface area contributed by atoms with Crippen molar-refractivity contribution in [1.29, 1.82) is 0 Å². The minimum absolute atomic E-state index is 0.0587. The van der Waals surface area contributed by atoms with Crippen LogP contribution in [0, 0.1) is 0 Å². The van der Waals surface area contributed by atoms with Gasteiger partial charge in [-0.15, -0.1) is 0 Å². The van der Waals surface area contributed by atoms with Crippen LogP contribution in [-0.2, 0) is 50.9 Å². The predicted octanol–water partition coefficient (Wildman–Crippen LogP) is 9.40. The molecule has 1 rings (SSSR count). The van der Waals surface area contributed by atoms with Gasteiger partial charge >= 0.3 is 35.4 Å². The summed E-state index contributed by atoms with van der Waals surface area (Å²) in [4.78, 5) is 73.2. The zero-order valence-corrected chi connectivity index (χ0v) is 43.6. The molecule has 402 valence electrons. The summed E-state index contributed by atoms with van der Waals surface area (Å²) in [6, 6.07) is 0. The zero-order valence-electron chi connectivity index (χ0n) is 40.9. The van der Waals surface area contributed by atoms with E-state index in [0.29, 0.717) is 25.7 Å². The number of phosphoric acid groups is 3. The monoisotopic (exact) mass is 1050 g/mol. The van der Waals surface area contributed by atoms with E-state index in [4.69, 9.17) is 18.5 Å². The first kappa shape index (κ1) is 65.1. The predicted molar refractivity (Wildman–Crippen MR) is 261 cm³/mol. The third kappa shape index (κ3) is 35.0. The van der Waals surface area contributed by atoms with E-state index in [9.17, 15) is 63.1 Å². The first-order chi connectivity index (χ1) is 32.8. The minimum Gasteiger partial charge on any atom is -0.462 e. The normalized spacial score (nSPS) is 21.7. The molecule has 1 aliphatic rings. The number of aliphatic hydroxyl groups is 3. The van der Waals surface area contributed by atoms with Gasteiger partial charge in [0.25, 0.3) is 0 Å². The highest BCUT2D eigenvalue weighted by Gasteiger charge is 2.56. The number of phosphoric ester groups is 3. The molecule has 0 spiro atoms. The fraction of sp³-hybridized carbons (Fsp3) is 0.787. The van der Waals surface area contributed by atoms with Crippen LogP contribution >= 0.6 is 23.5 Å². The smallest absolute Gasteiger partial charge is 0.462 e. The van der Waals surface area contributed by atoms with E-state index in [2.05, 4.69) is 59.4 Å². The Bertz CT molecular complexity index is 1630. The highest BCUT2D eigenvalue weighted by atomic mass is 31.2. The van der Waals surface area contributed by atoms with Crippen LogP contribution < -0.4 is 0 Å². The summed E-state index contributed by atoms with van der Waals surface area (Å²) in [7, 11) is -16.6. The molecule has 8 unspecified atom stereocenters. The van der Waals surface area contributed by atoms with Gasteiger partial charge in [-0.25, -0.2) is 13.7 Å². The largest absolute Gasteiger partial charge is 0.472 e. The lowest BCUT2D eigenvalue weighted by Crippen LogP contribution is -2.65. The fourth-order valence-electron chi connectivity index (χ4n) is 7.36. The first-order valence-electron chi connectivity index (χ1n) is 24.9. The average molecular weight is 1050 g/mol. The highest BCUT2D eigenvalue weighted by Crippen LogP contribution is 2.51. The van der Waals surface area contributed by atoms with Gasteiger partial charge in [-0.1, -0.05) is 146 Å². The molecule has 0 aromatic rings. The second-order valence-electron chi connectivity index (χ2n) is 17.4. The molecule has 19 nitrogen and oxygen atoms in total. The Morgan fingerprint density at radius 3 is 1.35 bits per heavy atom. The molecular weight excluding hydrogens is 961 g/mol. The molecule has 1 aliphatic carbocycles. The molecule has 69 heavy (non-hydrogen) atoms. The number of carbonyl (C=O) groups excluding carboxylic acids is 2. The number of hydrogen-bond donors (Lipinski definition) is 8. The molecule has 8 atom stereocenters. The van der Waals surface area contributed by atoms with Crippen molar-refractivity contribution in [2.24, 2.45) is 0 Å². The zero-order chi connectivity index (χ0) is 51.4. The van der Waals surface area contributed by atoms with Gasteiger partial charge in [0.1, 0.15) is 43.2 Å². The van der Waals surface area contributed by atoms with Crippen molar-refractivity contribution in [3.63, 3.8) is 0 Å². The van der Waals surface area contributed by atoms with Crippen molar-refractivity contribution in [3.05, 3.63) is 48.6 Å². The molecule has 22 heteroatoms. The van der Waals surface area contributed by atoms with Gasteiger partial charge in [-0.3, -0.25) is 27.7 Å². The number of rotatable bonds is 42. The number of ether oxygens (including phenoxy) is 2.